The number of benzene rings is 3. The molecule has 0 aliphatic rings. The number of alkyl halides is 3. The first-order valence-corrected chi connectivity index (χ1v) is 13.1. The van der Waals surface area contributed by atoms with Crippen molar-refractivity contribution in [2.75, 3.05) is 7.11 Å². The molecule has 4 aromatic rings. The Morgan fingerprint density at radius 2 is 1.61 bits per heavy atom. The molecule has 0 unspecified atom stereocenters. The monoisotopic (exact) mass is 580 g/mol. The highest BCUT2D eigenvalue weighted by molar-refractivity contribution is 7.07. The molecule has 0 saturated carbocycles. The van der Waals surface area contributed by atoms with Crippen LogP contribution >= 0.6 is 11.3 Å². The van der Waals surface area contributed by atoms with Crippen molar-refractivity contribution in [1.82, 2.24) is 4.57 Å². The topological polar surface area (TPSA) is 98.8 Å². The predicted molar refractivity (Wildman–Crippen MR) is 156 cm³/mol. The zero-order valence-electron chi connectivity index (χ0n) is 22.7. The zero-order valence-corrected chi connectivity index (χ0v) is 23.5. The number of nitrogens with two attached hydrogens (primary N) is 1. The summed E-state index contributed by atoms with van der Waals surface area (Å²) in [6.07, 6.45) is -1.87. The van der Waals surface area contributed by atoms with Crippen LogP contribution in [-0.2, 0) is 0 Å². The van der Waals surface area contributed by atoms with E-state index in [1.54, 1.807) is 25.5 Å². The molecule has 3 aromatic carbocycles. The molecule has 4 rings (SSSR count). The largest absolute Gasteiger partial charge is 0.573 e. The van der Waals surface area contributed by atoms with E-state index in [9.17, 15) is 13.2 Å². The lowest BCUT2D eigenvalue weighted by Gasteiger charge is -2.14. The fraction of sp³-hybridized carbons (Fsp3) is 0.172. The number of nitrogens with zero attached hydrogens (tertiary/aromatic N) is 5. The fourth-order valence-electron chi connectivity index (χ4n) is 3.97. The van der Waals surface area contributed by atoms with Gasteiger partial charge in [0.15, 0.2) is 0 Å². The van der Waals surface area contributed by atoms with Crippen LogP contribution in [0.2, 0.25) is 0 Å². The van der Waals surface area contributed by atoms with E-state index < -0.39 is 6.36 Å². The number of thiazole rings is 1. The summed E-state index contributed by atoms with van der Waals surface area (Å²) >= 11 is 1.50. The molecule has 1 heterocycles. The lowest BCUT2D eigenvalue weighted by atomic mass is 10.1. The standard InChI is InChI=1S/C29H27F3N6O2S/c1-18-13-25(39-4)14-19(2)26(18)38-20(3)16-41-28(38)37-36-15-21-5-7-22(8-6-21)27(33)35-17-34-23-9-11-24(12-10-23)40-29(30,31)32/h5-17H,1-4H3,(H2,33,34,35)/b36-15+,37-28-. The first-order valence-electron chi connectivity index (χ1n) is 12.3. The van der Waals surface area contributed by atoms with Gasteiger partial charge in [-0.15, -0.1) is 29.6 Å². The Labute approximate surface area is 238 Å². The van der Waals surface area contributed by atoms with Crippen molar-refractivity contribution < 1.29 is 22.6 Å². The number of hydrogen-bond acceptors (Lipinski definition) is 6. The van der Waals surface area contributed by atoms with Crippen molar-refractivity contribution in [3.05, 3.63) is 98.8 Å². The second kappa shape index (κ2) is 12.6. The minimum atomic E-state index is -4.75. The van der Waals surface area contributed by atoms with E-state index in [2.05, 4.69) is 29.5 Å². The number of ether oxygens (including phenoxy) is 2. The van der Waals surface area contributed by atoms with Gasteiger partial charge in [0.25, 0.3) is 0 Å². The summed E-state index contributed by atoms with van der Waals surface area (Å²) in [6, 6.07) is 16.3. The second-order valence-corrected chi connectivity index (χ2v) is 9.71. The van der Waals surface area contributed by atoms with E-state index in [0.29, 0.717) is 11.3 Å². The molecule has 0 aliphatic heterocycles. The molecule has 0 aliphatic carbocycles. The van der Waals surface area contributed by atoms with E-state index in [-0.39, 0.29) is 11.6 Å². The lowest BCUT2D eigenvalue weighted by molar-refractivity contribution is -0.274. The van der Waals surface area contributed by atoms with Crippen molar-refractivity contribution in [3.8, 4) is 17.2 Å². The van der Waals surface area contributed by atoms with Crippen LogP contribution in [0.5, 0.6) is 11.5 Å². The van der Waals surface area contributed by atoms with E-state index in [0.717, 1.165) is 38.6 Å². The van der Waals surface area contributed by atoms with Gasteiger partial charge in [0, 0.05) is 16.6 Å². The fourth-order valence-corrected chi connectivity index (χ4v) is 4.79. The lowest BCUT2D eigenvalue weighted by Crippen LogP contribution is -2.16. The third-order valence-corrected chi connectivity index (χ3v) is 6.77. The van der Waals surface area contributed by atoms with Crippen LogP contribution in [0.3, 0.4) is 0 Å². The third-order valence-electron chi connectivity index (χ3n) is 5.83. The van der Waals surface area contributed by atoms with Crippen LogP contribution < -0.4 is 20.0 Å². The Morgan fingerprint density at radius 1 is 0.951 bits per heavy atom. The third kappa shape index (κ3) is 7.70. The van der Waals surface area contributed by atoms with Gasteiger partial charge in [0.1, 0.15) is 23.7 Å². The summed E-state index contributed by atoms with van der Waals surface area (Å²) in [5.74, 6) is 0.700. The molecule has 0 fully saturated rings. The maximum Gasteiger partial charge on any atom is 0.573 e. The smallest absolute Gasteiger partial charge is 0.497 e. The normalized spacial score (nSPS) is 13.0. The van der Waals surface area contributed by atoms with Gasteiger partial charge in [0.2, 0.25) is 4.80 Å². The van der Waals surface area contributed by atoms with E-state index in [1.807, 2.05) is 50.4 Å². The second-order valence-electron chi connectivity index (χ2n) is 8.87. The van der Waals surface area contributed by atoms with Gasteiger partial charge < -0.3 is 15.2 Å². The molecule has 1 aromatic heterocycles. The number of amidine groups is 1. The summed E-state index contributed by atoms with van der Waals surface area (Å²) in [6.45, 7) is 6.11. The maximum absolute atomic E-state index is 12.3. The molecule has 0 amide bonds. The summed E-state index contributed by atoms with van der Waals surface area (Å²) < 4.78 is 48.1. The Morgan fingerprint density at radius 3 is 2.22 bits per heavy atom. The van der Waals surface area contributed by atoms with Gasteiger partial charge in [-0.3, -0.25) is 4.57 Å². The summed E-state index contributed by atoms with van der Waals surface area (Å²) in [7, 11) is 1.65. The number of aromatic nitrogens is 1. The average molecular weight is 581 g/mol. The average Bonchev–Trinajstić information content (AvgIpc) is 3.28. The molecule has 8 nitrogen and oxygen atoms in total. The van der Waals surface area contributed by atoms with Crippen LogP contribution in [0.1, 0.15) is 27.9 Å². The van der Waals surface area contributed by atoms with Gasteiger partial charge in [-0.05, 0) is 73.9 Å². The Kier molecular flexibility index (Phi) is 9.03. The SMILES string of the molecule is COc1cc(C)c(-n2c(C)cs/c2=N\N=C\c2ccc(C(N)=NC=Nc3ccc(OC(F)(F)F)cc3)cc2)c(C)c1. The number of hydrogen-bond donors (Lipinski definition) is 1. The van der Waals surface area contributed by atoms with Gasteiger partial charge in [-0.1, -0.05) is 24.3 Å². The van der Waals surface area contributed by atoms with Crippen molar-refractivity contribution in [2.45, 2.75) is 27.1 Å². The van der Waals surface area contributed by atoms with Crippen LogP contribution in [-0.4, -0.2) is 36.4 Å². The van der Waals surface area contributed by atoms with Gasteiger partial charge >= 0.3 is 6.36 Å². The van der Waals surface area contributed by atoms with Gasteiger partial charge in [0.05, 0.1) is 24.7 Å². The molecular weight excluding hydrogens is 553 g/mol. The van der Waals surface area contributed by atoms with Crippen molar-refractivity contribution in [1.29, 1.82) is 0 Å². The highest BCUT2D eigenvalue weighted by Gasteiger charge is 2.30. The van der Waals surface area contributed by atoms with Crippen molar-refractivity contribution in [3.63, 3.8) is 0 Å². The molecule has 212 valence electrons. The highest BCUT2D eigenvalue weighted by Crippen LogP contribution is 2.26. The van der Waals surface area contributed by atoms with Crippen molar-refractivity contribution >= 4 is 35.4 Å². The Bertz CT molecular complexity index is 1650. The first-order chi connectivity index (χ1) is 19.5. The number of aliphatic imine (C=N–C) groups is 2. The molecule has 2 N–H and O–H groups in total. The molecule has 0 saturated heterocycles. The molecular formula is C29H27F3N6O2S. The summed E-state index contributed by atoms with van der Waals surface area (Å²) in [4.78, 5) is 8.92. The first kappa shape index (κ1) is 29.3. The van der Waals surface area contributed by atoms with Crippen LogP contribution in [0.15, 0.2) is 86.2 Å². The molecule has 0 radical (unpaired) electrons. The number of aryl methyl sites for hydroxylation is 3. The minimum absolute atomic E-state index is 0.222. The Balaban J connectivity index is 1.45. The van der Waals surface area contributed by atoms with Gasteiger partial charge in [-0.2, -0.15) is 5.10 Å². The van der Waals surface area contributed by atoms with E-state index >= 15 is 0 Å². The van der Waals surface area contributed by atoms with Crippen LogP contribution in [0.25, 0.3) is 5.69 Å². The molecule has 12 heteroatoms. The van der Waals surface area contributed by atoms with E-state index in [4.69, 9.17) is 10.5 Å². The summed E-state index contributed by atoms with van der Waals surface area (Å²) in [5.41, 5.74) is 12.2. The van der Waals surface area contributed by atoms with Crippen LogP contribution in [0, 0.1) is 20.8 Å². The summed E-state index contributed by atoms with van der Waals surface area (Å²) in [5, 5.41) is 10.8. The number of halogens is 3. The zero-order chi connectivity index (χ0) is 29.6. The minimum Gasteiger partial charge on any atom is -0.497 e. The highest BCUT2D eigenvalue weighted by atomic mass is 32.1. The Hall–Kier alpha value is -4.71. The van der Waals surface area contributed by atoms with Crippen molar-refractivity contribution in [2.24, 2.45) is 25.9 Å². The molecule has 0 spiro atoms. The quantitative estimate of drug-likeness (QED) is 0.149. The molecule has 41 heavy (non-hydrogen) atoms. The molecule has 0 bridgehead atoms. The van der Waals surface area contributed by atoms with Crippen LogP contribution in [0.4, 0.5) is 18.9 Å². The number of methoxy groups -OCH3 is 1. The van der Waals surface area contributed by atoms with E-state index in [1.165, 1.54) is 41.9 Å². The maximum atomic E-state index is 12.3. The van der Waals surface area contributed by atoms with Gasteiger partial charge in [-0.25, -0.2) is 9.98 Å². The molecule has 0 atom stereocenters. The number of rotatable bonds is 8. The predicted octanol–water partition coefficient (Wildman–Crippen LogP) is 6.37.